The standard InChI is InChI=1S/C24H24N2O5/c1-14(2)21(26-22(28)17-9-5-6-10-18(17)23(26)29)24(30)31-13-20(27)25-15(3)12-16-8-4-7-11-19(16)25/h4-11,14-15,21H,12-13H2,1-3H3/t15-,21-/m0/s1. The lowest BCUT2D eigenvalue weighted by Crippen LogP contribution is -2.49. The van der Waals surface area contributed by atoms with Crippen LogP contribution in [0, 0.1) is 5.92 Å². The Labute approximate surface area is 180 Å². The fourth-order valence-electron chi connectivity index (χ4n) is 4.37. The molecule has 0 saturated heterocycles. The Morgan fingerprint density at radius 1 is 1.00 bits per heavy atom. The molecule has 2 atom stereocenters. The number of fused-ring (bicyclic) bond motifs is 2. The third-order valence-corrected chi connectivity index (χ3v) is 5.79. The molecule has 0 aliphatic carbocycles. The number of hydrogen-bond donors (Lipinski definition) is 0. The van der Waals surface area contributed by atoms with Crippen molar-refractivity contribution in [3.05, 3.63) is 65.2 Å². The van der Waals surface area contributed by atoms with E-state index in [2.05, 4.69) is 0 Å². The Bertz CT molecular complexity index is 1040. The minimum absolute atomic E-state index is 0.0410. The summed E-state index contributed by atoms with van der Waals surface area (Å²) < 4.78 is 5.33. The first-order chi connectivity index (χ1) is 14.8. The van der Waals surface area contributed by atoms with Gasteiger partial charge in [-0.1, -0.05) is 44.2 Å². The van der Waals surface area contributed by atoms with Crippen molar-refractivity contribution in [1.29, 1.82) is 0 Å². The fourth-order valence-corrected chi connectivity index (χ4v) is 4.37. The molecule has 2 aromatic rings. The molecule has 0 unspecified atom stereocenters. The van der Waals surface area contributed by atoms with Crippen LogP contribution in [0.5, 0.6) is 0 Å². The van der Waals surface area contributed by atoms with E-state index >= 15 is 0 Å². The quantitative estimate of drug-likeness (QED) is 0.549. The van der Waals surface area contributed by atoms with E-state index in [4.69, 9.17) is 4.74 Å². The van der Waals surface area contributed by atoms with E-state index in [1.165, 1.54) is 0 Å². The van der Waals surface area contributed by atoms with Gasteiger partial charge in [-0.15, -0.1) is 0 Å². The number of amides is 3. The van der Waals surface area contributed by atoms with Crippen LogP contribution in [-0.4, -0.2) is 47.3 Å². The SMILES string of the molecule is CC(C)[C@@H](C(=O)OCC(=O)N1c2ccccc2C[C@@H]1C)N1C(=O)c2ccccc2C1=O. The van der Waals surface area contributed by atoms with Crippen LogP contribution in [0.3, 0.4) is 0 Å². The van der Waals surface area contributed by atoms with Crippen molar-refractivity contribution < 1.29 is 23.9 Å². The Morgan fingerprint density at radius 3 is 2.19 bits per heavy atom. The molecule has 160 valence electrons. The minimum atomic E-state index is -1.11. The largest absolute Gasteiger partial charge is 0.454 e. The first-order valence-electron chi connectivity index (χ1n) is 10.3. The molecule has 2 aliphatic rings. The molecule has 31 heavy (non-hydrogen) atoms. The summed E-state index contributed by atoms with van der Waals surface area (Å²) in [6.45, 7) is 4.95. The van der Waals surface area contributed by atoms with Crippen molar-refractivity contribution in [2.45, 2.75) is 39.3 Å². The second-order valence-electron chi connectivity index (χ2n) is 8.27. The Balaban J connectivity index is 1.49. The summed E-state index contributed by atoms with van der Waals surface area (Å²) in [6, 6.07) is 12.9. The predicted molar refractivity (Wildman–Crippen MR) is 114 cm³/mol. The van der Waals surface area contributed by atoms with Crippen molar-refractivity contribution in [3.63, 3.8) is 0 Å². The zero-order valence-electron chi connectivity index (χ0n) is 17.7. The summed E-state index contributed by atoms with van der Waals surface area (Å²) in [5.41, 5.74) is 2.42. The molecule has 2 aliphatic heterocycles. The van der Waals surface area contributed by atoms with Crippen molar-refractivity contribution in [2.75, 3.05) is 11.5 Å². The number of imide groups is 1. The van der Waals surface area contributed by atoms with Crippen LogP contribution in [0.4, 0.5) is 5.69 Å². The van der Waals surface area contributed by atoms with Gasteiger partial charge in [0.25, 0.3) is 17.7 Å². The molecule has 2 aromatic carbocycles. The van der Waals surface area contributed by atoms with Crippen molar-refractivity contribution in [1.82, 2.24) is 4.90 Å². The lowest BCUT2D eigenvalue weighted by Gasteiger charge is -2.28. The number of ether oxygens (including phenoxy) is 1. The van der Waals surface area contributed by atoms with Crippen LogP contribution in [0.15, 0.2) is 48.5 Å². The topological polar surface area (TPSA) is 84.0 Å². The van der Waals surface area contributed by atoms with E-state index < -0.39 is 30.4 Å². The lowest BCUT2D eigenvalue weighted by molar-refractivity contribution is -0.153. The molecule has 0 spiro atoms. The lowest BCUT2D eigenvalue weighted by atomic mass is 10.0. The van der Waals surface area contributed by atoms with Gasteiger partial charge in [0.2, 0.25) is 0 Å². The molecule has 3 amide bonds. The Hall–Kier alpha value is -3.48. The zero-order chi connectivity index (χ0) is 22.3. The third kappa shape index (κ3) is 3.50. The summed E-state index contributed by atoms with van der Waals surface area (Å²) in [5.74, 6) is -2.53. The summed E-state index contributed by atoms with van der Waals surface area (Å²) in [5, 5.41) is 0. The fraction of sp³-hybridized carbons (Fsp3) is 0.333. The molecule has 0 saturated carbocycles. The highest BCUT2D eigenvalue weighted by atomic mass is 16.5. The van der Waals surface area contributed by atoms with E-state index in [1.807, 2.05) is 31.2 Å². The first-order valence-corrected chi connectivity index (χ1v) is 10.3. The molecule has 7 heteroatoms. The number of carbonyl (C=O) groups is 4. The van der Waals surface area contributed by atoms with E-state index in [-0.39, 0.29) is 29.0 Å². The molecule has 4 rings (SSSR count). The molecule has 2 heterocycles. The smallest absolute Gasteiger partial charge is 0.330 e. The van der Waals surface area contributed by atoms with Crippen LogP contribution in [-0.2, 0) is 20.7 Å². The number of hydrogen-bond acceptors (Lipinski definition) is 5. The summed E-state index contributed by atoms with van der Waals surface area (Å²) in [7, 11) is 0. The molecular formula is C24H24N2O5. The van der Waals surface area contributed by atoms with Crippen molar-refractivity contribution >= 4 is 29.4 Å². The van der Waals surface area contributed by atoms with Gasteiger partial charge in [-0.2, -0.15) is 0 Å². The van der Waals surface area contributed by atoms with Gasteiger partial charge < -0.3 is 9.64 Å². The molecule has 0 aromatic heterocycles. The average molecular weight is 420 g/mol. The van der Waals surface area contributed by atoms with Gasteiger partial charge in [0, 0.05) is 11.7 Å². The van der Waals surface area contributed by atoms with E-state index in [0.29, 0.717) is 0 Å². The van der Waals surface area contributed by atoms with Gasteiger partial charge in [0.05, 0.1) is 11.1 Å². The number of para-hydroxylation sites is 1. The average Bonchev–Trinajstić information content (AvgIpc) is 3.21. The molecule has 0 fully saturated rings. The van der Waals surface area contributed by atoms with Gasteiger partial charge in [-0.25, -0.2) is 4.79 Å². The number of benzene rings is 2. The molecule has 0 N–H and O–H groups in total. The highest BCUT2D eigenvalue weighted by molar-refractivity contribution is 6.22. The Kier molecular flexibility index (Phi) is 5.35. The van der Waals surface area contributed by atoms with E-state index in [0.717, 1.165) is 22.6 Å². The van der Waals surface area contributed by atoms with Gasteiger partial charge in [0.15, 0.2) is 6.61 Å². The van der Waals surface area contributed by atoms with Crippen molar-refractivity contribution in [3.8, 4) is 0 Å². The maximum atomic E-state index is 12.9. The van der Waals surface area contributed by atoms with E-state index in [9.17, 15) is 19.2 Å². The van der Waals surface area contributed by atoms with Gasteiger partial charge in [-0.3, -0.25) is 19.3 Å². The highest BCUT2D eigenvalue weighted by Gasteiger charge is 2.45. The second kappa shape index (κ2) is 7.98. The number of esters is 1. The van der Waals surface area contributed by atoms with Gasteiger partial charge in [-0.05, 0) is 43.0 Å². The number of rotatable bonds is 5. The normalized spacial score (nSPS) is 18.3. The maximum absolute atomic E-state index is 12.9. The van der Waals surface area contributed by atoms with Crippen LogP contribution in [0.1, 0.15) is 47.1 Å². The van der Waals surface area contributed by atoms with Gasteiger partial charge >= 0.3 is 5.97 Å². The summed E-state index contributed by atoms with van der Waals surface area (Å²) in [6.07, 6.45) is 0.736. The molecule has 0 radical (unpaired) electrons. The van der Waals surface area contributed by atoms with Crippen LogP contribution in [0.25, 0.3) is 0 Å². The third-order valence-electron chi connectivity index (χ3n) is 5.79. The summed E-state index contributed by atoms with van der Waals surface area (Å²) in [4.78, 5) is 54.0. The van der Waals surface area contributed by atoms with Crippen LogP contribution < -0.4 is 4.90 Å². The zero-order valence-corrected chi connectivity index (χ0v) is 17.7. The van der Waals surface area contributed by atoms with Crippen molar-refractivity contribution in [2.24, 2.45) is 5.92 Å². The molecule has 0 bridgehead atoms. The predicted octanol–water partition coefficient (Wildman–Crippen LogP) is 2.83. The highest BCUT2D eigenvalue weighted by Crippen LogP contribution is 2.32. The van der Waals surface area contributed by atoms with Crippen LogP contribution in [0.2, 0.25) is 0 Å². The Morgan fingerprint density at radius 2 is 1.58 bits per heavy atom. The summed E-state index contributed by atoms with van der Waals surface area (Å²) >= 11 is 0. The minimum Gasteiger partial charge on any atom is -0.454 e. The molecular weight excluding hydrogens is 396 g/mol. The molecule has 7 nitrogen and oxygen atoms in total. The van der Waals surface area contributed by atoms with Crippen LogP contribution >= 0.6 is 0 Å². The van der Waals surface area contributed by atoms with Gasteiger partial charge in [0.1, 0.15) is 6.04 Å². The van der Waals surface area contributed by atoms with E-state index in [1.54, 1.807) is 43.0 Å². The number of nitrogens with zero attached hydrogens (tertiary/aromatic N) is 2. The first kappa shape index (κ1) is 20.8. The monoisotopic (exact) mass is 420 g/mol. The number of anilines is 1. The second-order valence-corrected chi connectivity index (χ2v) is 8.27. The number of carbonyl (C=O) groups excluding carboxylic acids is 4. The maximum Gasteiger partial charge on any atom is 0.330 e.